The van der Waals surface area contributed by atoms with E-state index in [9.17, 15) is 9.59 Å². The Morgan fingerprint density at radius 1 is 1.17 bits per heavy atom. The number of ketones is 1. The average Bonchev–Trinajstić information content (AvgIpc) is 2.90. The first-order valence-electron chi connectivity index (χ1n) is 8.25. The summed E-state index contributed by atoms with van der Waals surface area (Å²) in [6, 6.07) is 15.3. The molecule has 4 heteroatoms. The first kappa shape index (κ1) is 16.2. The first-order valence-corrected chi connectivity index (χ1v) is 8.25. The third-order valence-corrected chi connectivity index (χ3v) is 4.59. The molecular formula is C20H22N2O2. The van der Waals surface area contributed by atoms with Crippen LogP contribution in [0.1, 0.15) is 36.7 Å². The van der Waals surface area contributed by atoms with Gasteiger partial charge in [-0.2, -0.15) is 0 Å². The predicted molar refractivity (Wildman–Crippen MR) is 96.6 cm³/mol. The lowest BCUT2D eigenvalue weighted by atomic mass is 10.1. The largest absolute Gasteiger partial charge is 0.357 e. The van der Waals surface area contributed by atoms with Crippen molar-refractivity contribution in [2.45, 2.75) is 39.3 Å². The third-order valence-electron chi connectivity index (χ3n) is 4.59. The summed E-state index contributed by atoms with van der Waals surface area (Å²) < 4.78 is 0. The molecule has 0 fully saturated rings. The molecule has 0 bridgehead atoms. The Bertz CT molecular complexity index is 785. The van der Waals surface area contributed by atoms with Gasteiger partial charge in [-0.25, -0.2) is 0 Å². The van der Waals surface area contributed by atoms with Gasteiger partial charge in [0, 0.05) is 23.0 Å². The first-order chi connectivity index (χ1) is 11.5. The summed E-state index contributed by atoms with van der Waals surface area (Å²) in [5.74, 6) is -0.0829. The predicted octanol–water partition coefficient (Wildman–Crippen LogP) is 3.67. The van der Waals surface area contributed by atoms with Crippen LogP contribution in [-0.4, -0.2) is 23.8 Å². The second-order valence-corrected chi connectivity index (χ2v) is 6.39. The van der Waals surface area contributed by atoms with Crippen LogP contribution in [0.25, 0.3) is 0 Å². The van der Waals surface area contributed by atoms with E-state index in [2.05, 4.69) is 29.3 Å². The Kier molecular flexibility index (Phi) is 4.38. The van der Waals surface area contributed by atoms with Crippen LogP contribution in [0.15, 0.2) is 48.5 Å². The van der Waals surface area contributed by atoms with Gasteiger partial charge in [0.2, 0.25) is 5.91 Å². The van der Waals surface area contributed by atoms with Crippen molar-refractivity contribution in [2.75, 3.05) is 10.2 Å². The number of nitrogens with one attached hydrogen (secondary N) is 1. The lowest BCUT2D eigenvalue weighted by Gasteiger charge is -2.30. The fraction of sp³-hybridized carbons (Fsp3) is 0.300. The number of carbonyl (C=O) groups is 2. The minimum Gasteiger partial charge on any atom is -0.357 e. The molecule has 2 atom stereocenters. The van der Waals surface area contributed by atoms with E-state index in [1.165, 1.54) is 12.5 Å². The van der Waals surface area contributed by atoms with Gasteiger partial charge >= 0.3 is 0 Å². The van der Waals surface area contributed by atoms with Crippen LogP contribution >= 0.6 is 0 Å². The molecule has 0 unspecified atom stereocenters. The van der Waals surface area contributed by atoms with E-state index in [1.807, 2.05) is 19.1 Å². The molecule has 1 N–H and O–H groups in total. The molecule has 2 aromatic rings. The highest BCUT2D eigenvalue weighted by molar-refractivity contribution is 5.99. The van der Waals surface area contributed by atoms with Gasteiger partial charge in [-0.3, -0.25) is 9.59 Å². The standard InChI is InChI=1S/C20H22N2O2/c1-13-11-17-7-4-5-10-19(17)22(13)14(2)20(24)21-18-9-6-8-16(12-18)15(3)23/h4-10,12-14H,11H2,1-3H3,(H,21,24)/t13-,14-/m0/s1. The van der Waals surface area contributed by atoms with Crippen LogP contribution in [-0.2, 0) is 11.2 Å². The monoisotopic (exact) mass is 322 g/mol. The molecule has 24 heavy (non-hydrogen) atoms. The number of hydrogen-bond donors (Lipinski definition) is 1. The second kappa shape index (κ2) is 6.48. The fourth-order valence-electron chi connectivity index (χ4n) is 3.37. The quantitative estimate of drug-likeness (QED) is 0.874. The molecule has 1 aliphatic rings. The number of anilines is 2. The highest BCUT2D eigenvalue weighted by Gasteiger charge is 2.32. The van der Waals surface area contributed by atoms with Crippen LogP contribution in [0, 0.1) is 0 Å². The lowest BCUT2D eigenvalue weighted by Crippen LogP contribution is -2.45. The molecule has 1 aliphatic heterocycles. The van der Waals surface area contributed by atoms with E-state index in [0.29, 0.717) is 11.3 Å². The van der Waals surface area contributed by atoms with Gasteiger partial charge in [0.05, 0.1) is 0 Å². The number of rotatable bonds is 4. The molecule has 4 nitrogen and oxygen atoms in total. The maximum atomic E-state index is 12.7. The molecule has 0 saturated heterocycles. The molecule has 0 aliphatic carbocycles. The molecule has 124 valence electrons. The number of benzene rings is 2. The van der Waals surface area contributed by atoms with E-state index in [-0.39, 0.29) is 23.8 Å². The number of Topliss-reactive ketones (excluding diaryl/α,β-unsaturated/α-hetero) is 1. The van der Waals surface area contributed by atoms with Crippen molar-refractivity contribution in [1.29, 1.82) is 0 Å². The van der Waals surface area contributed by atoms with E-state index in [4.69, 9.17) is 0 Å². The zero-order valence-electron chi connectivity index (χ0n) is 14.2. The summed E-state index contributed by atoms with van der Waals surface area (Å²) in [4.78, 5) is 26.4. The normalized spacial score (nSPS) is 17.3. The Morgan fingerprint density at radius 3 is 2.67 bits per heavy atom. The third kappa shape index (κ3) is 3.04. The van der Waals surface area contributed by atoms with Gasteiger partial charge in [-0.15, -0.1) is 0 Å². The summed E-state index contributed by atoms with van der Waals surface area (Å²) >= 11 is 0. The number of hydrogen-bond acceptors (Lipinski definition) is 3. The minimum atomic E-state index is -0.287. The molecule has 1 amide bonds. The maximum absolute atomic E-state index is 12.7. The highest BCUT2D eigenvalue weighted by atomic mass is 16.2. The van der Waals surface area contributed by atoms with Crippen molar-refractivity contribution in [3.05, 3.63) is 59.7 Å². The summed E-state index contributed by atoms with van der Waals surface area (Å²) in [5, 5.41) is 2.93. The Hall–Kier alpha value is -2.62. The minimum absolute atomic E-state index is 0.0127. The van der Waals surface area contributed by atoms with Crippen molar-refractivity contribution in [3.63, 3.8) is 0 Å². The smallest absolute Gasteiger partial charge is 0.246 e. The van der Waals surface area contributed by atoms with Crippen LogP contribution in [0.4, 0.5) is 11.4 Å². The number of carbonyl (C=O) groups excluding carboxylic acids is 2. The Morgan fingerprint density at radius 2 is 1.92 bits per heavy atom. The van der Waals surface area contributed by atoms with Gasteiger partial charge in [0.15, 0.2) is 5.78 Å². The number of fused-ring (bicyclic) bond motifs is 1. The van der Waals surface area contributed by atoms with Crippen LogP contribution < -0.4 is 10.2 Å². The average molecular weight is 322 g/mol. The maximum Gasteiger partial charge on any atom is 0.246 e. The van der Waals surface area contributed by atoms with E-state index in [0.717, 1.165) is 12.1 Å². The molecule has 2 aromatic carbocycles. The molecule has 0 aromatic heterocycles. The van der Waals surface area contributed by atoms with Crippen molar-refractivity contribution < 1.29 is 9.59 Å². The van der Waals surface area contributed by atoms with Gasteiger partial charge in [0.25, 0.3) is 0 Å². The van der Waals surface area contributed by atoms with E-state index in [1.54, 1.807) is 24.3 Å². The summed E-state index contributed by atoms with van der Waals surface area (Å²) in [6.07, 6.45) is 0.952. The van der Waals surface area contributed by atoms with Crippen molar-refractivity contribution in [3.8, 4) is 0 Å². The van der Waals surface area contributed by atoms with Crippen LogP contribution in [0.2, 0.25) is 0 Å². The van der Waals surface area contributed by atoms with Crippen molar-refractivity contribution in [2.24, 2.45) is 0 Å². The number of para-hydroxylation sites is 1. The molecule has 3 rings (SSSR count). The topological polar surface area (TPSA) is 49.4 Å². The summed E-state index contributed by atoms with van der Waals surface area (Å²) in [5.41, 5.74) is 3.66. The summed E-state index contributed by atoms with van der Waals surface area (Å²) in [6.45, 7) is 5.58. The zero-order chi connectivity index (χ0) is 17.3. The molecule has 0 radical (unpaired) electrons. The molecule has 0 spiro atoms. The van der Waals surface area contributed by atoms with Gasteiger partial charge in [-0.1, -0.05) is 30.3 Å². The molecular weight excluding hydrogens is 300 g/mol. The van der Waals surface area contributed by atoms with Crippen LogP contribution in [0.3, 0.4) is 0 Å². The fourth-order valence-corrected chi connectivity index (χ4v) is 3.37. The SMILES string of the molecule is CC(=O)c1cccc(NC(=O)[C@H](C)N2c3ccccc3C[C@@H]2C)c1. The van der Waals surface area contributed by atoms with E-state index < -0.39 is 0 Å². The number of amides is 1. The zero-order valence-corrected chi connectivity index (χ0v) is 14.2. The number of nitrogens with zero attached hydrogens (tertiary/aromatic N) is 1. The Labute approximate surface area is 142 Å². The van der Waals surface area contributed by atoms with Gasteiger partial charge < -0.3 is 10.2 Å². The summed E-state index contributed by atoms with van der Waals surface area (Å²) in [7, 11) is 0. The molecule has 1 heterocycles. The van der Waals surface area contributed by atoms with Crippen molar-refractivity contribution >= 4 is 23.1 Å². The van der Waals surface area contributed by atoms with Crippen LogP contribution in [0.5, 0.6) is 0 Å². The van der Waals surface area contributed by atoms with Gasteiger partial charge in [-0.05, 0) is 51.0 Å². The molecule has 0 saturated carbocycles. The lowest BCUT2D eigenvalue weighted by molar-refractivity contribution is -0.117. The van der Waals surface area contributed by atoms with E-state index >= 15 is 0 Å². The second-order valence-electron chi connectivity index (χ2n) is 6.39. The highest BCUT2D eigenvalue weighted by Crippen LogP contribution is 2.33. The Balaban J connectivity index is 1.78. The van der Waals surface area contributed by atoms with Gasteiger partial charge in [0.1, 0.15) is 6.04 Å². The van der Waals surface area contributed by atoms with Crippen molar-refractivity contribution in [1.82, 2.24) is 0 Å².